The molecule has 19 heavy (non-hydrogen) atoms. The lowest BCUT2D eigenvalue weighted by molar-refractivity contribution is -0.143. The number of rotatable bonds is 5. The molecule has 0 spiro atoms. The number of nitrogens with zero attached hydrogens (tertiary/aromatic N) is 1. The number of carbonyl (C=O) groups is 2. The Bertz CT molecular complexity index is 479. The van der Waals surface area contributed by atoms with Gasteiger partial charge in [-0.15, -0.1) is 0 Å². The maximum absolute atomic E-state index is 13.6. The Morgan fingerprint density at radius 1 is 1.37 bits per heavy atom. The zero-order valence-electron chi connectivity index (χ0n) is 10.8. The molecule has 4 nitrogen and oxygen atoms in total. The summed E-state index contributed by atoms with van der Waals surface area (Å²) in [7, 11) is 0. The van der Waals surface area contributed by atoms with Crippen molar-refractivity contribution in [3.63, 3.8) is 0 Å². The molecule has 0 heterocycles. The van der Waals surface area contributed by atoms with Crippen molar-refractivity contribution >= 4 is 27.8 Å². The van der Waals surface area contributed by atoms with E-state index in [1.54, 1.807) is 13.8 Å². The normalized spacial score (nSPS) is 10.1. The summed E-state index contributed by atoms with van der Waals surface area (Å²) >= 11 is 3.18. The van der Waals surface area contributed by atoms with Crippen LogP contribution < -0.4 is 0 Å². The van der Waals surface area contributed by atoms with Crippen LogP contribution >= 0.6 is 15.9 Å². The van der Waals surface area contributed by atoms with Gasteiger partial charge in [0.15, 0.2) is 0 Å². The average Bonchev–Trinajstić information content (AvgIpc) is 2.38. The van der Waals surface area contributed by atoms with Crippen molar-refractivity contribution < 1.29 is 18.7 Å². The molecule has 0 bridgehead atoms. The van der Waals surface area contributed by atoms with Gasteiger partial charge in [-0.3, -0.25) is 9.59 Å². The van der Waals surface area contributed by atoms with Crippen molar-refractivity contribution in [1.82, 2.24) is 4.90 Å². The Morgan fingerprint density at radius 2 is 2.05 bits per heavy atom. The van der Waals surface area contributed by atoms with E-state index in [4.69, 9.17) is 4.74 Å². The van der Waals surface area contributed by atoms with Gasteiger partial charge >= 0.3 is 5.97 Å². The number of ether oxygens (including phenoxy) is 1. The molecule has 0 aliphatic heterocycles. The highest BCUT2D eigenvalue weighted by atomic mass is 79.9. The fraction of sp³-hybridized carbons (Fsp3) is 0.385. The molecule has 1 amide bonds. The average molecular weight is 332 g/mol. The minimum absolute atomic E-state index is 0.0690. The number of hydrogen-bond donors (Lipinski definition) is 0. The predicted molar refractivity (Wildman–Crippen MR) is 72.3 cm³/mol. The first-order valence-electron chi connectivity index (χ1n) is 5.89. The highest BCUT2D eigenvalue weighted by molar-refractivity contribution is 9.10. The maximum atomic E-state index is 13.6. The van der Waals surface area contributed by atoms with Gasteiger partial charge in [0.1, 0.15) is 12.4 Å². The molecule has 0 aliphatic carbocycles. The third-order valence-electron chi connectivity index (χ3n) is 2.45. The summed E-state index contributed by atoms with van der Waals surface area (Å²) in [5, 5.41) is 0. The van der Waals surface area contributed by atoms with Gasteiger partial charge in [-0.25, -0.2) is 4.39 Å². The van der Waals surface area contributed by atoms with Crippen LogP contribution in [-0.2, 0) is 9.53 Å². The molecule has 0 fully saturated rings. The Morgan fingerprint density at radius 3 is 2.63 bits per heavy atom. The Labute approximate surface area is 119 Å². The number of amides is 1. The molecule has 0 N–H and O–H groups in total. The van der Waals surface area contributed by atoms with E-state index in [9.17, 15) is 14.0 Å². The van der Waals surface area contributed by atoms with Gasteiger partial charge in [-0.05, 0) is 32.0 Å². The van der Waals surface area contributed by atoms with Crippen LogP contribution in [0.25, 0.3) is 0 Å². The molecule has 0 saturated heterocycles. The van der Waals surface area contributed by atoms with E-state index in [2.05, 4.69) is 15.9 Å². The molecule has 1 rings (SSSR count). The topological polar surface area (TPSA) is 46.6 Å². The van der Waals surface area contributed by atoms with E-state index in [-0.39, 0.29) is 18.7 Å². The van der Waals surface area contributed by atoms with Crippen LogP contribution in [0.15, 0.2) is 22.7 Å². The monoisotopic (exact) mass is 331 g/mol. The first-order valence-corrected chi connectivity index (χ1v) is 6.68. The van der Waals surface area contributed by atoms with Crippen LogP contribution in [-0.4, -0.2) is 36.5 Å². The summed E-state index contributed by atoms with van der Waals surface area (Å²) in [5.74, 6) is -1.65. The molecule has 0 unspecified atom stereocenters. The van der Waals surface area contributed by atoms with Gasteiger partial charge in [0.2, 0.25) is 0 Å². The molecule has 0 saturated carbocycles. The highest BCUT2D eigenvalue weighted by Crippen LogP contribution is 2.17. The molecule has 0 atom stereocenters. The summed E-state index contributed by atoms with van der Waals surface area (Å²) in [6.07, 6.45) is 0. The number of likely N-dealkylation sites (N-methyl/N-ethyl adjacent to an activating group) is 1. The Kier molecular flexibility index (Phi) is 5.95. The van der Waals surface area contributed by atoms with Crippen LogP contribution in [0.3, 0.4) is 0 Å². The smallest absolute Gasteiger partial charge is 0.325 e. The van der Waals surface area contributed by atoms with Crippen molar-refractivity contribution in [2.45, 2.75) is 13.8 Å². The van der Waals surface area contributed by atoms with Gasteiger partial charge < -0.3 is 9.64 Å². The quantitative estimate of drug-likeness (QED) is 0.779. The van der Waals surface area contributed by atoms with Gasteiger partial charge in [0, 0.05) is 11.0 Å². The second kappa shape index (κ2) is 7.23. The second-order valence-corrected chi connectivity index (χ2v) is 4.66. The van der Waals surface area contributed by atoms with E-state index in [1.165, 1.54) is 23.1 Å². The Balaban J connectivity index is 2.89. The molecule has 6 heteroatoms. The number of benzene rings is 1. The van der Waals surface area contributed by atoms with E-state index in [1.807, 2.05) is 0 Å². The molecular weight excluding hydrogens is 317 g/mol. The second-order valence-electron chi connectivity index (χ2n) is 3.75. The molecule has 0 aliphatic rings. The Hall–Kier alpha value is -1.43. The van der Waals surface area contributed by atoms with Crippen LogP contribution in [0.4, 0.5) is 4.39 Å². The maximum Gasteiger partial charge on any atom is 0.325 e. The van der Waals surface area contributed by atoms with Crippen molar-refractivity contribution in [2.75, 3.05) is 19.7 Å². The van der Waals surface area contributed by atoms with E-state index < -0.39 is 17.7 Å². The SMILES string of the molecule is CCOC(=O)CN(CC)C(=O)c1cc(Br)ccc1F. The standard InChI is InChI=1S/C13H15BrFNO3/c1-3-16(8-12(17)19-4-2)13(18)10-7-9(14)5-6-11(10)15/h5-7H,3-4,8H2,1-2H3. The van der Waals surface area contributed by atoms with E-state index in [0.717, 1.165) is 0 Å². The van der Waals surface area contributed by atoms with Gasteiger partial charge in [-0.1, -0.05) is 15.9 Å². The lowest BCUT2D eigenvalue weighted by Gasteiger charge is -2.20. The highest BCUT2D eigenvalue weighted by Gasteiger charge is 2.21. The molecule has 1 aromatic carbocycles. The zero-order chi connectivity index (χ0) is 14.4. The molecular formula is C13H15BrFNO3. The van der Waals surface area contributed by atoms with Gasteiger partial charge in [0.05, 0.1) is 12.2 Å². The van der Waals surface area contributed by atoms with Crippen LogP contribution in [0.5, 0.6) is 0 Å². The third-order valence-corrected chi connectivity index (χ3v) is 2.95. The fourth-order valence-electron chi connectivity index (χ4n) is 1.52. The van der Waals surface area contributed by atoms with E-state index in [0.29, 0.717) is 11.0 Å². The largest absolute Gasteiger partial charge is 0.465 e. The van der Waals surface area contributed by atoms with Crippen LogP contribution in [0, 0.1) is 5.82 Å². The van der Waals surface area contributed by atoms with Crippen molar-refractivity contribution in [1.29, 1.82) is 0 Å². The van der Waals surface area contributed by atoms with Gasteiger partial charge in [0.25, 0.3) is 5.91 Å². The fourth-order valence-corrected chi connectivity index (χ4v) is 1.88. The molecule has 1 aromatic rings. The lowest BCUT2D eigenvalue weighted by atomic mass is 10.2. The number of halogens is 2. The number of carbonyl (C=O) groups excluding carboxylic acids is 2. The zero-order valence-corrected chi connectivity index (χ0v) is 12.4. The van der Waals surface area contributed by atoms with Crippen LogP contribution in [0.1, 0.15) is 24.2 Å². The summed E-state index contributed by atoms with van der Waals surface area (Å²) in [4.78, 5) is 24.8. The van der Waals surface area contributed by atoms with Gasteiger partial charge in [-0.2, -0.15) is 0 Å². The van der Waals surface area contributed by atoms with Crippen molar-refractivity contribution in [3.05, 3.63) is 34.1 Å². The number of hydrogen-bond acceptors (Lipinski definition) is 3. The predicted octanol–water partition coefficient (Wildman–Crippen LogP) is 2.61. The molecule has 0 radical (unpaired) electrons. The summed E-state index contributed by atoms with van der Waals surface area (Å²) in [6.45, 7) is 3.76. The summed E-state index contributed by atoms with van der Waals surface area (Å²) in [5.41, 5.74) is -0.0690. The minimum Gasteiger partial charge on any atom is -0.465 e. The van der Waals surface area contributed by atoms with Crippen molar-refractivity contribution in [2.24, 2.45) is 0 Å². The summed E-state index contributed by atoms with van der Waals surface area (Å²) < 4.78 is 19.0. The number of esters is 1. The third kappa shape index (κ3) is 4.31. The first kappa shape index (κ1) is 15.6. The van der Waals surface area contributed by atoms with E-state index >= 15 is 0 Å². The molecule has 0 aromatic heterocycles. The molecule has 104 valence electrons. The first-order chi connectivity index (χ1) is 8.99. The summed E-state index contributed by atoms with van der Waals surface area (Å²) in [6, 6.07) is 4.11. The van der Waals surface area contributed by atoms with Crippen LogP contribution in [0.2, 0.25) is 0 Å². The minimum atomic E-state index is -0.615. The lowest BCUT2D eigenvalue weighted by Crippen LogP contribution is -2.36. The van der Waals surface area contributed by atoms with Crippen molar-refractivity contribution in [3.8, 4) is 0 Å².